The molecule has 1 aromatic heterocycles. The van der Waals surface area contributed by atoms with Crippen molar-refractivity contribution in [2.75, 3.05) is 6.61 Å². The van der Waals surface area contributed by atoms with Crippen molar-refractivity contribution in [1.29, 1.82) is 0 Å². The van der Waals surface area contributed by atoms with E-state index in [1.165, 1.54) is 0 Å². The number of hydrogen-bond acceptors (Lipinski definition) is 3. The molecule has 0 aromatic carbocycles. The summed E-state index contributed by atoms with van der Waals surface area (Å²) in [6.07, 6.45) is 4.95. The van der Waals surface area contributed by atoms with Gasteiger partial charge in [-0.25, -0.2) is 0 Å². The second-order valence-corrected chi connectivity index (χ2v) is 3.64. The molecular weight excluding hydrogens is 188 g/mol. The zero-order valence-electron chi connectivity index (χ0n) is 7.24. The highest BCUT2D eigenvalue weighted by atomic mass is 35.5. The lowest BCUT2D eigenvalue weighted by molar-refractivity contribution is 0.110. The smallest absolute Gasteiger partial charge is 0.0682 e. The second-order valence-electron chi connectivity index (χ2n) is 3.20. The average Bonchev–Trinajstić information content (AvgIpc) is 2.57. The summed E-state index contributed by atoms with van der Waals surface area (Å²) in [6, 6.07) is 1.84. The van der Waals surface area contributed by atoms with Gasteiger partial charge in [-0.05, 0) is 18.9 Å². The van der Waals surface area contributed by atoms with Gasteiger partial charge in [0.15, 0.2) is 0 Å². The molecule has 2 rings (SSSR count). The second kappa shape index (κ2) is 4.03. The minimum Gasteiger partial charge on any atom is -0.378 e. The fourth-order valence-corrected chi connectivity index (χ4v) is 1.69. The minimum absolute atomic E-state index is 0.313. The Hall–Kier alpha value is -0.670. The Morgan fingerprint density at radius 3 is 3.23 bits per heavy atom. The van der Waals surface area contributed by atoms with E-state index in [1.807, 2.05) is 6.07 Å². The Morgan fingerprint density at radius 1 is 1.62 bits per heavy atom. The van der Waals surface area contributed by atoms with Crippen molar-refractivity contribution in [2.24, 2.45) is 0 Å². The van der Waals surface area contributed by atoms with Gasteiger partial charge >= 0.3 is 0 Å². The molecule has 1 atom stereocenters. The highest BCUT2D eigenvalue weighted by Crippen LogP contribution is 2.17. The summed E-state index contributed by atoms with van der Waals surface area (Å²) < 4.78 is 5.49. The quantitative estimate of drug-likeness (QED) is 0.728. The van der Waals surface area contributed by atoms with E-state index in [0.717, 1.165) is 31.6 Å². The molecule has 1 unspecified atom stereocenters. The number of rotatable bonds is 2. The van der Waals surface area contributed by atoms with Crippen LogP contribution in [0.15, 0.2) is 12.3 Å². The topological polar surface area (TPSA) is 35.0 Å². The number of ether oxygens (including phenoxy) is 1. The lowest BCUT2D eigenvalue weighted by Crippen LogP contribution is -2.10. The maximum atomic E-state index is 5.79. The Balaban J connectivity index is 2.00. The lowest BCUT2D eigenvalue weighted by atomic mass is 10.1. The van der Waals surface area contributed by atoms with Crippen LogP contribution >= 0.6 is 11.6 Å². The summed E-state index contributed by atoms with van der Waals surface area (Å²) in [5.41, 5.74) is 0.916. The molecule has 0 saturated carbocycles. The van der Waals surface area contributed by atoms with Crippen LogP contribution < -0.4 is 0 Å². The van der Waals surface area contributed by atoms with Crippen molar-refractivity contribution < 1.29 is 4.74 Å². The molecule has 1 saturated heterocycles. The Labute approximate surface area is 82.1 Å². The number of hydrogen-bond donors (Lipinski definition) is 0. The first kappa shape index (κ1) is 8.91. The fourth-order valence-electron chi connectivity index (χ4n) is 1.52. The van der Waals surface area contributed by atoms with Crippen molar-refractivity contribution in [1.82, 2.24) is 10.2 Å². The summed E-state index contributed by atoms with van der Waals surface area (Å²) in [5, 5.41) is 8.42. The fraction of sp³-hybridized carbons (Fsp3) is 0.556. The minimum atomic E-state index is 0.313. The summed E-state index contributed by atoms with van der Waals surface area (Å²) in [7, 11) is 0. The third-order valence-corrected chi connectivity index (χ3v) is 2.34. The summed E-state index contributed by atoms with van der Waals surface area (Å²) >= 11 is 5.79. The normalized spacial score (nSPS) is 22.1. The highest BCUT2D eigenvalue weighted by molar-refractivity contribution is 6.30. The van der Waals surface area contributed by atoms with E-state index >= 15 is 0 Å². The maximum absolute atomic E-state index is 5.79. The average molecular weight is 199 g/mol. The third-order valence-electron chi connectivity index (χ3n) is 2.13. The van der Waals surface area contributed by atoms with Crippen molar-refractivity contribution >= 4 is 11.6 Å². The molecular formula is C9H11ClN2O. The zero-order chi connectivity index (χ0) is 9.10. The molecule has 4 heteroatoms. The number of aromatic nitrogens is 2. The molecule has 70 valence electrons. The van der Waals surface area contributed by atoms with Gasteiger partial charge < -0.3 is 4.74 Å². The monoisotopic (exact) mass is 198 g/mol. The van der Waals surface area contributed by atoms with Crippen LogP contribution in [0.25, 0.3) is 0 Å². The van der Waals surface area contributed by atoms with Gasteiger partial charge in [0.05, 0.1) is 23.0 Å². The Bertz CT molecular complexity index is 287. The number of nitrogens with zero attached hydrogens (tertiary/aromatic N) is 2. The molecule has 0 spiro atoms. The molecule has 0 bridgehead atoms. The van der Waals surface area contributed by atoms with Crippen LogP contribution in [0.3, 0.4) is 0 Å². The molecule has 2 heterocycles. The molecule has 0 aliphatic carbocycles. The molecule has 1 aliphatic rings. The van der Waals surface area contributed by atoms with Crippen molar-refractivity contribution in [3.05, 3.63) is 23.0 Å². The first-order valence-corrected chi connectivity index (χ1v) is 4.81. The van der Waals surface area contributed by atoms with Crippen LogP contribution in [0.2, 0.25) is 5.02 Å². The van der Waals surface area contributed by atoms with Crippen molar-refractivity contribution in [2.45, 2.75) is 25.4 Å². The zero-order valence-corrected chi connectivity index (χ0v) is 8.00. The van der Waals surface area contributed by atoms with Gasteiger partial charge in [0.1, 0.15) is 0 Å². The van der Waals surface area contributed by atoms with Gasteiger partial charge in [0.25, 0.3) is 0 Å². The molecule has 0 N–H and O–H groups in total. The maximum Gasteiger partial charge on any atom is 0.0682 e. The van der Waals surface area contributed by atoms with Crippen molar-refractivity contribution in [3.8, 4) is 0 Å². The van der Waals surface area contributed by atoms with E-state index < -0.39 is 0 Å². The Kier molecular flexibility index (Phi) is 2.76. The molecule has 13 heavy (non-hydrogen) atoms. The molecule has 0 radical (unpaired) electrons. The SMILES string of the molecule is Clc1cnnc(CC2CCCO2)c1. The van der Waals surface area contributed by atoms with E-state index in [0.29, 0.717) is 11.1 Å². The molecule has 3 nitrogen and oxygen atoms in total. The van der Waals surface area contributed by atoms with Gasteiger partial charge in [-0.3, -0.25) is 0 Å². The number of halogens is 1. The van der Waals surface area contributed by atoms with E-state index in [1.54, 1.807) is 6.20 Å². The first-order chi connectivity index (χ1) is 6.34. The van der Waals surface area contributed by atoms with Crippen LogP contribution in [-0.4, -0.2) is 22.9 Å². The largest absolute Gasteiger partial charge is 0.378 e. The van der Waals surface area contributed by atoms with E-state index in [9.17, 15) is 0 Å². The van der Waals surface area contributed by atoms with Gasteiger partial charge in [-0.1, -0.05) is 11.6 Å². The highest BCUT2D eigenvalue weighted by Gasteiger charge is 2.16. The van der Waals surface area contributed by atoms with Crippen LogP contribution in [0.4, 0.5) is 0 Å². The Morgan fingerprint density at radius 2 is 2.54 bits per heavy atom. The van der Waals surface area contributed by atoms with Crippen molar-refractivity contribution in [3.63, 3.8) is 0 Å². The first-order valence-electron chi connectivity index (χ1n) is 4.43. The van der Waals surface area contributed by atoms with Crippen LogP contribution in [-0.2, 0) is 11.2 Å². The summed E-state index contributed by atoms with van der Waals surface area (Å²) in [6.45, 7) is 0.874. The molecule has 0 amide bonds. The predicted molar refractivity (Wildman–Crippen MR) is 49.7 cm³/mol. The van der Waals surface area contributed by atoms with Gasteiger partial charge in [-0.2, -0.15) is 10.2 Å². The van der Waals surface area contributed by atoms with E-state index in [4.69, 9.17) is 16.3 Å². The molecule has 1 aromatic rings. The van der Waals surface area contributed by atoms with Crippen LogP contribution in [0.1, 0.15) is 18.5 Å². The van der Waals surface area contributed by atoms with Gasteiger partial charge in [0.2, 0.25) is 0 Å². The van der Waals surface area contributed by atoms with Crippen LogP contribution in [0.5, 0.6) is 0 Å². The summed E-state index contributed by atoms with van der Waals surface area (Å²) in [4.78, 5) is 0. The van der Waals surface area contributed by atoms with Gasteiger partial charge in [0, 0.05) is 13.0 Å². The summed E-state index contributed by atoms with van der Waals surface area (Å²) in [5.74, 6) is 0. The molecule has 1 fully saturated rings. The van der Waals surface area contributed by atoms with Crippen LogP contribution in [0, 0.1) is 0 Å². The standard InChI is InChI=1S/C9H11ClN2O/c10-7-4-8(12-11-6-7)5-9-2-1-3-13-9/h4,6,9H,1-3,5H2. The predicted octanol–water partition coefficient (Wildman–Crippen LogP) is 1.85. The third kappa shape index (κ3) is 2.39. The lowest BCUT2D eigenvalue weighted by Gasteiger charge is -2.07. The van der Waals surface area contributed by atoms with E-state index in [2.05, 4.69) is 10.2 Å². The van der Waals surface area contributed by atoms with E-state index in [-0.39, 0.29) is 0 Å². The molecule has 1 aliphatic heterocycles. The van der Waals surface area contributed by atoms with Gasteiger partial charge in [-0.15, -0.1) is 0 Å².